The Balaban J connectivity index is 1.85. The summed E-state index contributed by atoms with van der Waals surface area (Å²) >= 11 is 0. The molecule has 0 fully saturated rings. The van der Waals surface area contributed by atoms with E-state index in [1.54, 1.807) is 18.5 Å². The fourth-order valence-corrected chi connectivity index (χ4v) is 2.41. The van der Waals surface area contributed by atoms with Crippen LogP contribution in [0, 0.1) is 0 Å². The maximum absolute atomic E-state index is 9.34. The van der Waals surface area contributed by atoms with E-state index < -0.39 is 0 Å². The Morgan fingerprint density at radius 3 is 2.48 bits per heavy atom. The predicted octanol–water partition coefficient (Wildman–Crippen LogP) is 3.18. The van der Waals surface area contributed by atoms with Crippen molar-refractivity contribution >= 4 is 0 Å². The average Bonchev–Trinajstić information content (AvgIpc) is 2.98. The van der Waals surface area contributed by atoms with Crippen molar-refractivity contribution in [1.82, 2.24) is 14.8 Å². The topological polar surface area (TPSA) is 50.9 Å². The minimum atomic E-state index is 0.188. The molecule has 0 bridgehead atoms. The summed E-state index contributed by atoms with van der Waals surface area (Å²) in [5, 5.41) is 17.6. The molecule has 0 aliphatic heterocycles. The summed E-state index contributed by atoms with van der Waals surface area (Å²) in [4.78, 5) is 0. The molecule has 2 aromatic carbocycles. The summed E-state index contributed by atoms with van der Waals surface area (Å²) in [7, 11) is 0. The Bertz CT molecular complexity index is 704. The van der Waals surface area contributed by atoms with Crippen molar-refractivity contribution in [3.63, 3.8) is 0 Å². The van der Waals surface area contributed by atoms with Gasteiger partial charge in [0.1, 0.15) is 17.9 Å². The first-order chi connectivity index (χ1) is 10.2. The highest BCUT2D eigenvalue weighted by molar-refractivity contribution is 5.28. The molecule has 0 spiro atoms. The van der Waals surface area contributed by atoms with Crippen molar-refractivity contribution in [3.05, 3.63) is 77.9 Å². The largest absolute Gasteiger partial charge is 0.508 e. The maximum Gasteiger partial charge on any atom is 0.137 e. The highest BCUT2D eigenvalue weighted by atomic mass is 16.3. The third-order valence-electron chi connectivity index (χ3n) is 3.65. The number of hydrogen-bond acceptors (Lipinski definition) is 3. The molecule has 21 heavy (non-hydrogen) atoms. The predicted molar refractivity (Wildman–Crippen MR) is 81.2 cm³/mol. The summed E-state index contributed by atoms with van der Waals surface area (Å²) in [5.74, 6) is 1.19. The normalized spacial score (nSPS) is 12.2. The first kappa shape index (κ1) is 13.4. The van der Waals surface area contributed by atoms with Gasteiger partial charge < -0.3 is 9.67 Å². The van der Waals surface area contributed by atoms with Crippen molar-refractivity contribution in [2.75, 3.05) is 0 Å². The number of phenols is 1. The number of benzene rings is 2. The van der Waals surface area contributed by atoms with E-state index in [0.29, 0.717) is 6.42 Å². The molecule has 0 radical (unpaired) electrons. The van der Waals surface area contributed by atoms with Crippen LogP contribution < -0.4 is 0 Å². The monoisotopic (exact) mass is 279 g/mol. The van der Waals surface area contributed by atoms with E-state index in [1.807, 2.05) is 30.3 Å². The van der Waals surface area contributed by atoms with Crippen LogP contribution in [0.25, 0.3) is 0 Å². The van der Waals surface area contributed by atoms with E-state index in [1.165, 1.54) is 5.56 Å². The lowest BCUT2D eigenvalue weighted by Crippen LogP contribution is -2.10. The number of phenolic OH excluding ortho intramolecular Hbond substituents is 1. The first-order valence-corrected chi connectivity index (χ1v) is 6.95. The molecule has 1 heterocycles. The van der Waals surface area contributed by atoms with Crippen LogP contribution in [-0.2, 0) is 6.42 Å². The van der Waals surface area contributed by atoms with E-state index in [-0.39, 0.29) is 11.8 Å². The molecule has 1 N–H and O–H groups in total. The van der Waals surface area contributed by atoms with Crippen molar-refractivity contribution in [2.24, 2.45) is 0 Å². The second kappa shape index (κ2) is 5.79. The average molecular weight is 279 g/mol. The van der Waals surface area contributed by atoms with E-state index in [2.05, 4.69) is 33.8 Å². The lowest BCUT2D eigenvalue weighted by Gasteiger charge is -2.15. The van der Waals surface area contributed by atoms with Crippen molar-refractivity contribution < 1.29 is 5.11 Å². The van der Waals surface area contributed by atoms with Crippen LogP contribution in [0.1, 0.15) is 29.9 Å². The molecule has 0 saturated carbocycles. The fourth-order valence-electron chi connectivity index (χ4n) is 2.41. The van der Waals surface area contributed by atoms with Crippen molar-refractivity contribution in [1.29, 1.82) is 0 Å². The van der Waals surface area contributed by atoms with Gasteiger partial charge in [0.25, 0.3) is 0 Å². The minimum Gasteiger partial charge on any atom is -0.508 e. The number of aromatic hydroxyl groups is 1. The second-order valence-corrected chi connectivity index (χ2v) is 5.08. The zero-order valence-electron chi connectivity index (χ0n) is 11.8. The van der Waals surface area contributed by atoms with E-state index in [9.17, 15) is 5.11 Å². The molecule has 0 saturated heterocycles. The van der Waals surface area contributed by atoms with Crippen molar-refractivity contribution in [2.45, 2.75) is 19.4 Å². The Kier molecular flexibility index (Phi) is 3.69. The zero-order valence-corrected chi connectivity index (χ0v) is 11.8. The highest BCUT2D eigenvalue weighted by Crippen LogP contribution is 2.20. The molecule has 3 rings (SSSR count). The van der Waals surface area contributed by atoms with Crippen LogP contribution >= 0.6 is 0 Å². The molecule has 4 nitrogen and oxygen atoms in total. The van der Waals surface area contributed by atoms with Gasteiger partial charge in [0.2, 0.25) is 0 Å². The third-order valence-corrected chi connectivity index (χ3v) is 3.65. The molecular formula is C17H17N3O. The Labute approximate surface area is 123 Å². The molecule has 1 aromatic heterocycles. The molecule has 4 heteroatoms. The quantitative estimate of drug-likeness (QED) is 0.798. The zero-order chi connectivity index (χ0) is 14.7. The smallest absolute Gasteiger partial charge is 0.137 e. The summed E-state index contributed by atoms with van der Waals surface area (Å²) in [6.07, 6.45) is 2.46. The summed E-state index contributed by atoms with van der Waals surface area (Å²) < 4.78 is 2.09. The molecule has 3 aromatic rings. The number of hydrogen-bond donors (Lipinski definition) is 1. The van der Waals surface area contributed by atoms with E-state index in [4.69, 9.17) is 0 Å². The van der Waals surface area contributed by atoms with Gasteiger partial charge in [-0.2, -0.15) is 0 Å². The van der Waals surface area contributed by atoms with E-state index >= 15 is 0 Å². The lowest BCUT2D eigenvalue weighted by molar-refractivity contribution is 0.475. The fraction of sp³-hybridized carbons (Fsp3) is 0.176. The molecule has 0 aliphatic rings. The molecular weight excluding hydrogens is 262 g/mol. The van der Waals surface area contributed by atoms with Gasteiger partial charge in [-0.25, -0.2) is 0 Å². The van der Waals surface area contributed by atoms with Gasteiger partial charge in [0, 0.05) is 6.42 Å². The van der Waals surface area contributed by atoms with Crippen molar-refractivity contribution in [3.8, 4) is 5.75 Å². The SMILES string of the molecule is C[C@@H](c1ccccc1)n1cnnc1Cc1ccc(O)cc1. The van der Waals surface area contributed by atoms with Crippen LogP contribution in [0.5, 0.6) is 5.75 Å². The molecule has 0 unspecified atom stereocenters. The third kappa shape index (κ3) is 2.94. The van der Waals surface area contributed by atoms with Crippen LogP contribution in [0.15, 0.2) is 60.9 Å². The van der Waals surface area contributed by atoms with Gasteiger partial charge in [-0.05, 0) is 30.2 Å². The molecule has 0 aliphatic carbocycles. The molecule has 1 atom stereocenters. The maximum atomic E-state index is 9.34. The standard InChI is InChI=1S/C17H17N3O/c1-13(15-5-3-2-4-6-15)20-12-18-19-17(20)11-14-7-9-16(21)10-8-14/h2-10,12-13,21H,11H2,1H3/t13-/m0/s1. The van der Waals surface area contributed by atoms with Gasteiger partial charge in [-0.1, -0.05) is 42.5 Å². The van der Waals surface area contributed by atoms with Gasteiger partial charge in [0.05, 0.1) is 6.04 Å². The summed E-state index contributed by atoms with van der Waals surface area (Å²) in [6.45, 7) is 2.14. The highest BCUT2D eigenvalue weighted by Gasteiger charge is 2.13. The van der Waals surface area contributed by atoms with Crippen LogP contribution in [0.3, 0.4) is 0 Å². The Morgan fingerprint density at radius 2 is 1.76 bits per heavy atom. The van der Waals surface area contributed by atoms with Gasteiger partial charge in [0.15, 0.2) is 0 Å². The first-order valence-electron chi connectivity index (χ1n) is 6.95. The Morgan fingerprint density at radius 1 is 1.05 bits per heavy atom. The van der Waals surface area contributed by atoms with Crippen LogP contribution in [0.4, 0.5) is 0 Å². The Hall–Kier alpha value is -2.62. The van der Waals surface area contributed by atoms with Gasteiger partial charge in [-0.3, -0.25) is 0 Å². The summed E-state index contributed by atoms with van der Waals surface area (Å²) in [6, 6.07) is 17.7. The van der Waals surface area contributed by atoms with Gasteiger partial charge in [-0.15, -0.1) is 10.2 Å². The number of aromatic nitrogens is 3. The van der Waals surface area contributed by atoms with Crippen LogP contribution in [0.2, 0.25) is 0 Å². The number of rotatable bonds is 4. The minimum absolute atomic E-state index is 0.188. The van der Waals surface area contributed by atoms with E-state index in [0.717, 1.165) is 11.4 Å². The summed E-state index contributed by atoms with van der Waals surface area (Å²) in [5.41, 5.74) is 2.33. The molecule has 0 amide bonds. The second-order valence-electron chi connectivity index (χ2n) is 5.08. The number of nitrogens with zero attached hydrogens (tertiary/aromatic N) is 3. The van der Waals surface area contributed by atoms with Gasteiger partial charge >= 0.3 is 0 Å². The molecule has 106 valence electrons. The lowest BCUT2D eigenvalue weighted by atomic mass is 10.1. The van der Waals surface area contributed by atoms with Crippen LogP contribution in [-0.4, -0.2) is 19.9 Å².